The average Bonchev–Trinajstić information content (AvgIpc) is 3.33. The van der Waals surface area contributed by atoms with Crippen molar-refractivity contribution in [2.45, 2.75) is 24.8 Å². The molecule has 0 atom stereocenters. The molecule has 0 aliphatic carbocycles. The molecule has 3 aromatic carbocycles. The quantitative estimate of drug-likeness (QED) is 0.400. The van der Waals surface area contributed by atoms with E-state index in [2.05, 4.69) is 11.4 Å². The number of carboxylic acid groups (broad SMARTS) is 2. The molecule has 40 heavy (non-hydrogen) atoms. The Bertz CT molecular complexity index is 1520. The highest BCUT2D eigenvalue weighted by atomic mass is 19.1. The predicted molar refractivity (Wildman–Crippen MR) is 147 cm³/mol. The Morgan fingerprint density at radius 2 is 1.68 bits per heavy atom. The number of halogens is 1. The van der Waals surface area contributed by atoms with E-state index in [0.717, 1.165) is 53.4 Å². The monoisotopic (exact) mass is 541 g/mol. The minimum Gasteiger partial charge on any atom is -0.478 e. The molecule has 2 aliphatic heterocycles. The first kappa shape index (κ1) is 28.2. The van der Waals surface area contributed by atoms with E-state index in [1.807, 2.05) is 59.5 Å². The molecule has 2 heterocycles. The number of hydrogen-bond acceptors (Lipinski definition) is 5. The van der Waals surface area contributed by atoms with Crippen molar-refractivity contribution in [2.75, 3.05) is 19.6 Å². The van der Waals surface area contributed by atoms with Gasteiger partial charge in [-0.25, -0.2) is 14.0 Å². The van der Waals surface area contributed by atoms with E-state index in [-0.39, 0.29) is 11.7 Å². The fraction of sp³-hybridized carbons (Fsp3) is 0.226. The van der Waals surface area contributed by atoms with E-state index in [4.69, 9.17) is 10.2 Å². The number of nitrogens with one attached hydrogen (secondary N) is 1. The molecule has 0 spiro atoms. The van der Waals surface area contributed by atoms with Gasteiger partial charge in [0.2, 0.25) is 0 Å². The van der Waals surface area contributed by atoms with Crippen molar-refractivity contribution < 1.29 is 29.0 Å². The summed E-state index contributed by atoms with van der Waals surface area (Å²) in [5, 5.41) is 30.5. The Morgan fingerprint density at radius 3 is 2.30 bits per heavy atom. The highest BCUT2D eigenvalue weighted by Gasteiger charge is 2.43. The van der Waals surface area contributed by atoms with Gasteiger partial charge in [-0.15, -0.1) is 0 Å². The van der Waals surface area contributed by atoms with E-state index in [9.17, 15) is 24.0 Å². The van der Waals surface area contributed by atoms with Gasteiger partial charge in [0.1, 0.15) is 5.82 Å². The number of rotatable bonds is 6. The largest absolute Gasteiger partial charge is 0.478 e. The van der Waals surface area contributed by atoms with Crippen LogP contribution in [0.15, 0.2) is 84.5 Å². The van der Waals surface area contributed by atoms with Crippen molar-refractivity contribution in [1.82, 2.24) is 10.2 Å². The zero-order valence-corrected chi connectivity index (χ0v) is 21.6. The SMILES string of the molecule is N#Cc1cc(CN2CC=C(C3(c4ccc(F)cc4)CCNCC3)C2=O)c2ccccc2c1.O=C(O)/C=C/C(=O)O. The molecule has 2 aliphatic rings. The first-order valence-corrected chi connectivity index (χ1v) is 12.8. The fourth-order valence-electron chi connectivity index (χ4n) is 5.35. The number of carboxylic acids is 2. The van der Waals surface area contributed by atoms with Crippen LogP contribution in [-0.4, -0.2) is 52.6 Å². The molecule has 3 N–H and O–H groups in total. The van der Waals surface area contributed by atoms with Gasteiger partial charge in [-0.3, -0.25) is 4.79 Å². The van der Waals surface area contributed by atoms with Gasteiger partial charge >= 0.3 is 11.9 Å². The average molecular weight is 542 g/mol. The van der Waals surface area contributed by atoms with Gasteiger partial charge in [-0.05, 0) is 72.1 Å². The summed E-state index contributed by atoms with van der Waals surface area (Å²) in [5.74, 6) is -2.75. The van der Waals surface area contributed by atoms with Gasteiger partial charge in [0.15, 0.2) is 0 Å². The summed E-state index contributed by atoms with van der Waals surface area (Å²) in [6, 6.07) is 20.6. The third kappa shape index (κ3) is 6.25. The summed E-state index contributed by atoms with van der Waals surface area (Å²) in [6.07, 6.45) is 4.77. The highest BCUT2D eigenvalue weighted by molar-refractivity contribution is 5.99. The third-order valence-corrected chi connectivity index (χ3v) is 7.21. The topological polar surface area (TPSA) is 131 Å². The van der Waals surface area contributed by atoms with Crippen molar-refractivity contribution in [1.29, 1.82) is 5.26 Å². The number of fused-ring (bicyclic) bond motifs is 1. The zero-order valence-electron chi connectivity index (χ0n) is 21.6. The normalized spacial score (nSPS) is 16.2. The third-order valence-electron chi connectivity index (χ3n) is 7.21. The number of aliphatic carboxylic acids is 2. The molecule has 0 saturated carbocycles. The summed E-state index contributed by atoms with van der Waals surface area (Å²) < 4.78 is 13.6. The van der Waals surface area contributed by atoms with Crippen molar-refractivity contribution in [3.05, 3.63) is 107 Å². The van der Waals surface area contributed by atoms with Crippen LogP contribution < -0.4 is 5.32 Å². The molecule has 5 rings (SSSR count). The van der Waals surface area contributed by atoms with Gasteiger partial charge in [0.05, 0.1) is 11.6 Å². The molecule has 1 saturated heterocycles. The molecular weight excluding hydrogens is 513 g/mol. The first-order valence-electron chi connectivity index (χ1n) is 12.8. The Labute approximate surface area is 230 Å². The van der Waals surface area contributed by atoms with Crippen LogP contribution in [-0.2, 0) is 26.3 Å². The van der Waals surface area contributed by atoms with Crippen molar-refractivity contribution in [2.24, 2.45) is 0 Å². The minimum atomic E-state index is -1.26. The molecule has 0 aromatic heterocycles. The molecule has 1 amide bonds. The second-order valence-electron chi connectivity index (χ2n) is 9.62. The van der Waals surface area contributed by atoms with Crippen LogP contribution in [0.3, 0.4) is 0 Å². The number of benzene rings is 3. The summed E-state index contributed by atoms with van der Waals surface area (Å²) in [5.41, 5.74) is 2.98. The van der Waals surface area contributed by atoms with Gasteiger partial charge in [-0.2, -0.15) is 5.26 Å². The zero-order chi connectivity index (χ0) is 28.7. The summed E-state index contributed by atoms with van der Waals surface area (Å²) in [6.45, 7) is 2.62. The highest BCUT2D eigenvalue weighted by Crippen LogP contribution is 2.43. The number of piperidine rings is 1. The number of carbonyl (C=O) groups excluding carboxylic acids is 1. The number of nitrogens with zero attached hydrogens (tertiary/aromatic N) is 2. The maximum absolute atomic E-state index is 13.6. The lowest BCUT2D eigenvalue weighted by atomic mass is 9.68. The molecule has 9 heteroatoms. The molecule has 8 nitrogen and oxygen atoms in total. The van der Waals surface area contributed by atoms with Crippen LogP contribution >= 0.6 is 0 Å². The minimum absolute atomic E-state index is 0.0302. The second-order valence-corrected chi connectivity index (χ2v) is 9.62. The maximum Gasteiger partial charge on any atom is 0.328 e. The molecule has 0 unspecified atom stereocenters. The number of carbonyl (C=O) groups is 3. The van der Waals surface area contributed by atoms with Gasteiger partial charge in [-0.1, -0.05) is 42.5 Å². The lowest BCUT2D eigenvalue weighted by Gasteiger charge is -2.39. The van der Waals surface area contributed by atoms with E-state index in [1.165, 1.54) is 12.1 Å². The van der Waals surface area contributed by atoms with Crippen LogP contribution in [0.4, 0.5) is 4.39 Å². The van der Waals surface area contributed by atoms with Crippen molar-refractivity contribution in [3.8, 4) is 6.07 Å². The van der Waals surface area contributed by atoms with E-state index in [0.29, 0.717) is 30.8 Å². The lowest BCUT2D eigenvalue weighted by Crippen LogP contribution is -2.44. The van der Waals surface area contributed by atoms with Crippen molar-refractivity contribution >= 4 is 28.6 Å². The number of amides is 1. The summed E-state index contributed by atoms with van der Waals surface area (Å²) in [4.78, 5) is 34.6. The predicted octanol–water partition coefficient (Wildman–Crippen LogP) is 4.15. The Kier molecular flexibility index (Phi) is 8.72. The Morgan fingerprint density at radius 1 is 1.02 bits per heavy atom. The van der Waals surface area contributed by atoms with Crippen LogP contribution in [0.1, 0.15) is 29.5 Å². The smallest absolute Gasteiger partial charge is 0.328 e. The van der Waals surface area contributed by atoms with E-state index >= 15 is 0 Å². The summed E-state index contributed by atoms with van der Waals surface area (Å²) in [7, 11) is 0. The lowest BCUT2D eigenvalue weighted by molar-refractivity contribution is -0.134. The Hall–Kier alpha value is -4.81. The van der Waals surface area contributed by atoms with Crippen LogP contribution in [0.25, 0.3) is 10.8 Å². The van der Waals surface area contributed by atoms with E-state index < -0.39 is 17.4 Å². The number of nitriles is 1. The summed E-state index contributed by atoms with van der Waals surface area (Å²) >= 11 is 0. The second kappa shape index (κ2) is 12.4. The molecule has 1 fully saturated rings. The maximum atomic E-state index is 13.6. The standard InChI is InChI=1S/C27H24FN3O.C4H4O4/c28-23-7-5-22(6-8-23)27(10-12-30-13-11-27)25-9-14-31(26(25)32)18-21-16-19(17-29)15-20-3-1-2-4-24(20)21;5-3(6)1-2-4(7)8/h1-9,15-16,30H,10-14,18H2;1-2H,(H,5,6)(H,7,8)/b;2-1+. The number of hydrogen-bond donors (Lipinski definition) is 3. The van der Waals surface area contributed by atoms with Crippen LogP contribution in [0.2, 0.25) is 0 Å². The first-order chi connectivity index (χ1) is 19.2. The fourth-order valence-corrected chi connectivity index (χ4v) is 5.35. The Balaban J connectivity index is 0.000000406. The molecule has 0 bridgehead atoms. The molecular formula is C31H28FN3O5. The van der Waals surface area contributed by atoms with Crippen molar-refractivity contribution in [3.63, 3.8) is 0 Å². The van der Waals surface area contributed by atoms with E-state index in [1.54, 1.807) is 0 Å². The molecule has 3 aromatic rings. The van der Waals surface area contributed by atoms with Gasteiger partial charge < -0.3 is 20.4 Å². The van der Waals surface area contributed by atoms with Gasteiger partial charge in [0.25, 0.3) is 5.91 Å². The molecule has 204 valence electrons. The van der Waals surface area contributed by atoms with Gasteiger partial charge in [0, 0.05) is 36.2 Å². The van der Waals surface area contributed by atoms with Crippen LogP contribution in [0.5, 0.6) is 0 Å². The molecule has 0 radical (unpaired) electrons. The van der Waals surface area contributed by atoms with Crippen LogP contribution in [0, 0.1) is 17.1 Å².